The number of hydrogen-bond acceptors (Lipinski definition) is 3. The van der Waals surface area contributed by atoms with Crippen LogP contribution >= 0.6 is 0 Å². The van der Waals surface area contributed by atoms with Crippen LogP contribution in [0.4, 0.5) is 10.5 Å². The molecule has 0 spiro atoms. The number of piperidine rings is 1. The van der Waals surface area contributed by atoms with Crippen molar-refractivity contribution in [3.63, 3.8) is 0 Å². The molecule has 1 heterocycles. The summed E-state index contributed by atoms with van der Waals surface area (Å²) in [6, 6.07) is 7.22. The van der Waals surface area contributed by atoms with Gasteiger partial charge in [0.1, 0.15) is 0 Å². The number of carbonyl (C=O) groups is 2. The van der Waals surface area contributed by atoms with Crippen LogP contribution in [0.25, 0.3) is 0 Å². The Hall–Kier alpha value is -2.04. The van der Waals surface area contributed by atoms with Crippen LogP contribution in [0.2, 0.25) is 0 Å². The molecule has 1 atom stereocenters. The Morgan fingerprint density at radius 2 is 2.00 bits per heavy atom. The van der Waals surface area contributed by atoms with Crippen LogP contribution in [0, 0.1) is 12.8 Å². The average Bonchev–Trinajstić information content (AvgIpc) is 2.41. The molecule has 0 bridgehead atoms. The van der Waals surface area contributed by atoms with E-state index in [9.17, 15) is 14.7 Å². The topological polar surface area (TPSA) is 72.5 Å². The first-order chi connectivity index (χ1) is 9.06. The average molecular weight is 261 g/mol. The summed E-state index contributed by atoms with van der Waals surface area (Å²) in [5.74, 6) is -1.63. The van der Waals surface area contributed by atoms with Crippen molar-refractivity contribution in [2.45, 2.75) is 19.8 Å². The lowest BCUT2D eigenvalue weighted by atomic mass is 9.99. The minimum Gasteiger partial charge on any atom is -0.550 e. The molecule has 5 nitrogen and oxygen atoms in total. The van der Waals surface area contributed by atoms with Gasteiger partial charge in [-0.1, -0.05) is 17.7 Å². The molecule has 0 saturated carbocycles. The van der Waals surface area contributed by atoms with Crippen LogP contribution in [0.5, 0.6) is 0 Å². The minimum atomic E-state index is -1.08. The molecule has 1 aliphatic heterocycles. The SMILES string of the molecule is Cc1ccc(NC(=O)N2CCC[C@H](C(=O)[O-])C2)cc1. The summed E-state index contributed by atoms with van der Waals surface area (Å²) < 4.78 is 0. The molecule has 1 fully saturated rings. The van der Waals surface area contributed by atoms with Crippen molar-refractivity contribution in [1.29, 1.82) is 0 Å². The maximum atomic E-state index is 12.0. The van der Waals surface area contributed by atoms with Gasteiger partial charge in [-0.15, -0.1) is 0 Å². The first kappa shape index (κ1) is 13.4. The summed E-state index contributed by atoms with van der Waals surface area (Å²) >= 11 is 0. The summed E-state index contributed by atoms with van der Waals surface area (Å²) in [5.41, 5.74) is 1.83. The fourth-order valence-corrected chi connectivity index (χ4v) is 2.19. The largest absolute Gasteiger partial charge is 0.550 e. The van der Waals surface area contributed by atoms with Gasteiger partial charge in [0.15, 0.2) is 0 Å². The van der Waals surface area contributed by atoms with Gasteiger partial charge in [0.05, 0.1) is 0 Å². The van der Waals surface area contributed by atoms with Crippen molar-refractivity contribution in [3.05, 3.63) is 29.8 Å². The molecule has 2 rings (SSSR count). The Kier molecular flexibility index (Phi) is 4.04. The van der Waals surface area contributed by atoms with Gasteiger partial charge >= 0.3 is 6.03 Å². The Bertz CT molecular complexity index is 470. The van der Waals surface area contributed by atoms with E-state index in [1.165, 1.54) is 4.90 Å². The molecule has 1 saturated heterocycles. The quantitative estimate of drug-likeness (QED) is 0.862. The number of nitrogens with one attached hydrogen (secondary N) is 1. The summed E-state index contributed by atoms with van der Waals surface area (Å²) in [5, 5.41) is 13.6. The molecule has 1 aliphatic rings. The van der Waals surface area contributed by atoms with Crippen LogP contribution in [-0.2, 0) is 4.79 Å². The van der Waals surface area contributed by atoms with Crippen LogP contribution in [0.1, 0.15) is 18.4 Å². The molecule has 102 valence electrons. The van der Waals surface area contributed by atoms with E-state index in [1.54, 1.807) is 0 Å². The highest BCUT2D eigenvalue weighted by Gasteiger charge is 2.24. The lowest BCUT2D eigenvalue weighted by Gasteiger charge is -2.33. The number of rotatable bonds is 2. The summed E-state index contributed by atoms with van der Waals surface area (Å²) in [6.45, 7) is 2.78. The monoisotopic (exact) mass is 261 g/mol. The summed E-state index contributed by atoms with van der Waals surface area (Å²) in [7, 11) is 0. The molecule has 19 heavy (non-hydrogen) atoms. The molecule has 0 aliphatic carbocycles. The zero-order valence-electron chi connectivity index (χ0n) is 10.9. The number of aliphatic carboxylic acids is 1. The van der Waals surface area contributed by atoms with Crippen molar-refractivity contribution < 1.29 is 14.7 Å². The Labute approximate surface area is 112 Å². The number of hydrogen-bond donors (Lipinski definition) is 1. The zero-order chi connectivity index (χ0) is 13.8. The molecule has 0 aromatic heterocycles. The molecule has 1 aromatic rings. The first-order valence-electron chi connectivity index (χ1n) is 6.39. The van der Waals surface area contributed by atoms with Gasteiger partial charge in [0.25, 0.3) is 0 Å². The third-order valence-electron chi connectivity index (χ3n) is 3.34. The van der Waals surface area contributed by atoms with E-state index in [2.05, 4.69) is 5.32 Å². The summed E-state index contributed by atoms with van der Waals surface area (Å²) in [6.07, 6.45) is 1.27. The second kappa shape index (κ2) is 5.73. The fourth-order valence-electron chi connectivity index (χ4n) is 2.19. The van der Waals surface area contributed by atoms with E-state index in [1.807, 2.05) is 31.2 Å². The van der Waals surface area contributed by atoms with E-state index in [-0.39, 0.29) is 12.6 Å². The molecule has 1 aromatic carbocycles. The van der Waals surface area contributed by atoms with E-state index in [0.717, 1.165) is 5.56 Å². The number of anilines is 1. The number of nitrogens with zero attached hydrogens (tertiary/aromatic N) is 1. The predicted molar refractivity (Wildman–Crippen MR) is 69.5 cm³/mol. The number of carbonyl (C=O) groups excluding carboxylic acids is 2. The van der Waals surface area contributed by atoms with E-state index < -0.39 is 11.9 Å². The van der Waals surface area contributed by atoms with E-state index in [4.69, 9.17) is 0 Å². The highest BCUT2D eigenvalue weighted by Crippen LogP contribution is 2.17. The van der Waals surface area contributed by atoms with Crippen LogP contribution < -0.4 is 10.4 Å². The zero-order valence-corrected chi connectivity index (χ0v) is 10.9. The first-order valence-corrected chi connectivity index (χ1v) is 6.39. The smallest absolute Gasteiger partial charge is 0.321 e. The second-order valence-electron chi connectivity index (χ2n) is 4.90. The van der Waals surface area contributed by atoms with Gasteiger partial charge in [-0.25, -0.2) is 4.79 Å². The minimum absolute atomic E-state index is 0.222. The number of carboxylic acid groups (broad SMARTS) is 1. The highest BCUT2D eigenvalue weighted by molar-refractivity contribution is 5.89. The Morgan fingerprint density at radius 3 is 2.63 bits per heavy atom. The highest BCUT2D eigenvalue weighted by atomic mass is 16.4. The van der Waals surface area contributed by atoms with Crippen molar-refractivity contribution in [2.24, 2.45) is 5.92 Å². The lowest BCUT2D eigenvalue weighted by molar-refractivity contribution is -0.312. The van der Waals surface area contributed by atoms with Gasteiger partial charge in [-0.05, 0) is 31.9 Å². The number of amides is 2. The number of aryl methyl sites for hydroxylation is 1. The molecule has 1 N–H and O–H groups in total. The van der Waals surface area contributed by atoms with E-state index in [0.29, 0.717) is 25.1 Å². The van der Waals surface area contributed by atoms with Crippen LogP contribution in [0.3, 0.4) is 0 Å². The Morgan fingerprint density at radius 1 is 1.32 bits per heavy atom. The van der Waals surface area contributed by atoms with Crippen LogP contribution in [-0.4, -0.2) is 30.0 Å². The predicted octanol–water partition coefficient (Wildman–Crippen LogP) is 0.989. The summed E-state index contributed by atoms with van der Waals surface area (Å²) in [4.78, 5) is 24.4. The number of urea groups is 1. The van der Waals surface area contributed by atoms with Crippen molar-refractivity contribution >= 4 is 17.7 Å². The van der Waals surface area contributed by atoms with Gasteiger partial charge in [0.2, 0.25) is 0 Å². The maximum absolute atomic E-state index is 12.0. The van der Waals surface area contributed by atoms with Gasteiger partial charge in [-0.2, -0.15) is 0 Å². The molecule has 0 unspecified atom stereocenters. The normalized spacial score (nSPS) is 19.0. The van der Waals surface area contributed by atoms with Crippen LogP contribution in [0.15, 0.2) is 24.3 Å². The third-order valence-corrected chi connectivity index (χ3v) is 3.34. The second-order valence-corrected chi connectivity index (χ2v) is 4.90. The van der Waals surface area contributed by atoms with E-state index >= 15 is 0 Å². The van der Waals surface area contributed by atoms with Gasteiger partial charge in [0, 0.05) is 30.7 Å². The van der Waals surface area contributed by atoms with Gasteiger partial charge < -0.3 is 20.1 Å². The number of carboxylic acids is 1. The van der Waals surface area contributed by atoms with Crippen molar-refractivity contribution in [2.75, 3.05) is 18.4 Å². The Balaban J connectivity index is 1.96. The van der Waals surface area contributed by atoms with Crippen molar-refractivity contribution in [1.82, 2.24) is 4.90 Å². The molecular formula is C14H17N2O3-. The molecular weight excluding hydrogens is 244 g/mol. The standard InChI is InChI=1S/C14H18N2O3/c1-10-4-6-12(7-5-10)15-14(19)16-8-2-3-11(9-16)13(17)18/h4-7,11H,2-3,8-9H2,1H3,(H,15,19)(H,17,18)/p-1/t11-/m0/s1. The fraction of sp³-hybridized carbons (Fsp3) is 0.429. The maximum Gasteiger partial charge on any atom is 0.321 e. The third kappa shape index (κ3) is 3.47. The molecule has 0 radical (unpaired) electrons. The molecule has 2 amide bonds. The number of benzene rings is 1. The number of likely N-dealkylation sites (tertiary alicyclic amines) is 1. The lowest BCUT2D eigenvalue weighted by Crippen LogP contribution is -2.47. The molecule has 5 heteroatoms. The van der Waals surface area contributed by atoms with Gasteiger partial charge in [-0.3, -0.25) is 0 Å². The van der Waals surface area contributed by atoms with Crippen molar-refractivity contribution in [3.8, 4) is 0 Å².